The molecule has 2 aromatic rings. The number of aromatic hydroxyl groups is 1. The van der Waals surface area contributed by atoms with Crippen LogP contribution < -0.4 is 0 Å². The fraction of sp³-hybridized carbons (Fsp3) is 0.278. The number of benzene rings is 2. The third-order valence-corrected chi connectivity index (χ3v) is 3.41. The molecule has 2 aromatic carbocycles. The van der Waals surface area contributed by atoms with Gasteiger partial charge in [0.2, 0.25) is 5.91 Å². The number of carbonyl (C=O) groups excluding carboxylic acids is 1. The average Bonchev–Trinajstić information content (AvgIpc) is 2.45. The first-order valence-corrected chi connectivity index (χ1v) is 7.17. The Morgan fingerprint density at radius 2 is 1.71 bits per heavy atom. The van der Waals surface area contributed by atoms with E-state index in [-0.39, 0.29) is 17.7 Å². The lowest BCUT2D eigenvalue weighted by Gasteiger charge is -2.27. The van der Waals surface area contributed by atoms with Crippen molar-refractivity contribution in [3.8, 4) is 5.75 Å². The zero-order valence-electron chi connectivity index (χ0n) is 12.5. The van der Waals surface area contributed by atoms with Crippen molar-refractivity contribution in [1.82, 2.24) is 4.90 Å². The summed E-state index contributed by atoms with van der Waals surface area (Å²) in [6.45, 7) is 4.64. The minimum Gasteiger partial charge on any atom is -0.508 e. The summed E-state index contributed by atoms with van der Waals surface area (Å²) in [4.78, 5) is 14.4. The molecule has 0 aliphatic rings. The number of amides is 1. The van der Waals surface area contributed by atoms with Crippen LogP contribution in [0.25, 0.3) is 0 Å². The van der Waals surface area contributed by atoms with Crippen molar-refractivity contribution in [1.29, 1.82) is 0 Å². The Balaban J connectivity index is 2.09. The van der Waals surface area contributed by atoms with E-state index >= 15 is 0 Å². The van der Waals surface area contributed by atoms with E-state index in [1.807, 2.05) is 55.1 Å². The van der Waals surface area contributed by atoms with Crippen molar-refractivity contribution in [2.45, 2.75) is 32.9 Å². The standard InChI is InChI=1S/C18H21NO2/c1-14(2)19(13-15-7-4-3-5-8-15)18(21)12-16-9-6-10-17(20)11-16/h3-11,14,20H,12-13H2,1-2H3. The first-order valence-electron chi connectivity index (χ1n) is 7.17. The number of carbonyl (C=O) groups is 1. The lowest BCUT2D eigenvalue weighted by Crippen LogP contribution is -2.37. The fourth-order valence-corrected chi connectivity index (χ4v) is 2.28. The summed E-state index contributed by atoms with van der Waals surface area (Å²) in [5.41, 5.74) is 1.95. The third kappa shape index (κ3) is 4.35. The maximum Gasteiger partial charge on any atom is 0.227 e. The lowest BCUT2D eigenvalue weighted by atomic mass is 10.1. The molecule has 0 spiro atoms. The minimum absolute atomic E-state index is 0.0689. The predicted molar refractivity (Wildman–Crippen MR) is 83.9 cm³/mol. The van der Waals surface area contributed by atoms with Crippen LogP contribution >= 0.6 is 0 Å². The van der Waals surface area contributed by atoms with Gasteiger partial charge in [-0.2, -0.15) is 0 Å². The molecule has 0 atom stereocenters. The van der Waals surface area contributed by atoms with E-state index in [1.54, 1.807) is 18.2 Å². The molecule has 110 valence electrons. The summed E-state index contributed by atoms with van der Waals surface area (Å²) >= 11 is 0. The maximum absolute atomic E-state index is 12.5. The molecule has 0 saturated heterocycles. The van der Waals surface area contributed by atoms with Gasteiger partial charge >= 0.3 is 0 Å². The van der Waals surface area contributed by atoms with Gasteiger partial charge in [0.25, 0.3) is 0 Å². The van der Waals surface area contributed by atoms with Gasteiger partial charge in [0.15, 0.2) is 0 Å². The highest BCUT2D eigenvalue weighted by molar-refractivity contribution is 5.79. The van der Waals surface area contributed by atoms with E-state index in [1.165, 1.54) is 0 Å². The topological polar surface area (TPSA) is 40.5 Å². The summed E-state index contributed by atoms with van der Waals surface area (Å²) in [6.07, 6.45) is 0.305. The summed E-state index contributed by atoms with van der Waals surface area (Å²) in [6, 6.07) is 17.0. The molecule has 0 unspecified atom stereocenters. The molecule has 3 nitrogen and oxygen atoms in total. The van der Waals surface area contributed by atoms with Crippen LogP contribution in [-0.2, 0) is 17.8 Å². The minimum atomic E-state index is 0.0689. The number of phenols is 1. The smallest absolute Gasteiger partial charge is 0.227 e. The van der Waals surface area contributed by atoms with Crippen molar-refractivity contribution in [2.75, 3.05) is 0 Å². The Morgan fingerprint density at radius 1 is 1.05 bits per heavy atom. The number of hydrogen-bond acceptors (Lipinski definition) is 2. The van der Waals surface area contributed by atoms with Crippen LogP contribution in [0.15, 0.2) is 54.6 Å². The molecular formula is C18H21NO2. The second kappa shape index (κ2) is 6.93. The van der Waals surface area contributed by atoms with Gasteiger partial charge in [0.1, 0.15) is 5.75 Å². The van der Waals surface area contributed by atoms with Crippen molar-refractivity contribution in [3.63, 3.8) is 0 Å². The van der Waals surface area contributed by atoms with Crippen LogP contribution in [0.5, 0.6) is 5.75 Å². The molecule has 21 heavy (non-hydrogen) atoms. The van der Waals surface area contributed by atoms with Crippen LogP contribution in [-0.4, -0.2) is 22.0 Å². The molecule has 0 aliphatic carbocycles. The Morgan fingerprint density at radius 3 is 2.33 bits per heavy atom. The lowest BCUT2D eigenvalue weighted by molar-refractivity contribution is -0.132. The highest BCUT2D eigenvalue weighted by Gasteiger charge is 2.17. The Hall–Kier alpha value is -2.29. The Labute approximate surface area is 125 Å². The van der Waals surface area contributed by atoms with Gasteiger partial charge in [0, 0.05) is 12.6 Å². The van der Waals surface area contributed by atoms with E-state index in [9.17, 15) is 9.90 Å². The number of rotatable bonds is 5. The van der Waals surface area contributed by atoms with E-state index < -0.39 is 0 Å². The summed E-state index contributed by atoms with van der Waals surface area (Å²) < 4.78 is 0. The van der Waals surface area contributed by atoms with Crippen LogP contribution in [0.3, 0.4) is 0 Å². The van der Waals surface area contributed by atoms with Gasteiger partial charge in [-0.25, -0.2) is 0 Å². The number of hydrogen-bond donors (Lipinski definition) is 1. The summed E-state index contributed by atoms with van der Waals surface area (Å²) in [5.74, 6) is 0.263. The molecule has 1 N–H and O–H groups in total. The number of nitrogens with zero attached hydrogens (tertiary/aromatic N) is 1. The molecule has 2 rings (SSSR count). The van der Waals surface area contributed by atoms with Gasteiger partial charge in [-0.3, -0.25) is 4.79 Å². The second-order valence-electron chi connectivity index (χ2n) is 5.45. The first kappa shape index (κ1) is 15.1. The van der Waals surface area contributed by atoms with Crippen molar-refractivity contribution in [2.24, 2.45) is 0 Å². The predicted octanol–water partition coefficient (Wildman–Crippen LogP) is 3.37. The summed E-state index contributed by atoms with van der Waals surface area (Å²) in [7, 11) is 0. The summed E-state index contributed by atoms with van der Waals surface area (Å²) in [5, 5.41) is 9.48. The second-order valence-corrected chi connectivity index (χ2v) is 5.45. The molecule has 0 aromatic heterocycles. The van der Waals surface area contributed by atoms with Gasteiger partial charge in [-0.05, 0) is 37.1 Å². The Kier molecular flexibility index (Phi) is 4.99. The maximum atomic E-state index is 12.5. The van der Waals surface area contributed by atoms with E-state index in [4.69, 9.17) is 0 Å². The SMILES string of the molecule is CC(C)N(Cc1ccccc1)C(=O)Cc1cccc(O)c1. The molecule has 3 heteroatoms. The zero-order chi connectivity index (χ0) is 15.2. The zero-order valence-corrected chi connectivity index (χ0v) is 12.5. The van der Waals surface area contributed by atoms with Crippen molar-refractivity contribution in [3.05, 3.63) is 65.7 Å². The molecular weight excluding hydrogens is 262 g/mol. The highest BCUT2D eigenvalue weighted by atomic mass is 16.3. The van der Waals surface area contributed by atoms with E-state index in [0.717, 1.165) is 11.1 Å². The molecule has 0 fully saturated rings. The van der Waals surface area contributed by atoms with Crippen molar-refractivity contribution >= 4 is 5.91 Å². The van der Waals surface area contributed by atoms with E-state index in [0.29, 0.717) is 13.0 Å². The van der Waals surface area contributed by atoms with Crippen molar-refractivity contribution < 1.29 is 9.90 Å². The fourth-order valence-electron chi connectivity index (χ4n) is 2.28. The van der Waals surface area contributed by atoms with Crippen LogP contribution in [0.1, 0.15) is 25.0 Å². The van der Waals surface area contributed by atoms with Crippen LogP contribution in [0.2, 0.25) is 0 Å². The van der Waals surface area contributed by atoms with Gasteiger partial charge in [0.05, 0.1) is 6.42 Å². The molecule has 0 saturated carbocycles. The quantitative estimate of drug-likeness (QED) is 0.914. The molecule has 0 aliphatic heterocycles. The monoisotopic (exact) mass is 283 g/mol. The molecule has 0 bridgehead atoms. The largest absolute Gasteiger partial charge is 0.508 e. The molecule has 0 radical (unpaired) electrons. The molecule has 0 heterocycles. The van der Waals surface area contributed by atoms with E-state index in [2.05, 4.69) is 0 Å². The van der Waals surface area contributed by atoms with Crippen LogP contribution in [0, 0.1) is 0 Å². The molecule has 1 amide bonds. The first-order chi connectivity index (χ1) is 10.1. The van der Waals surface area contributed by atoms with Gasteiger partial charge in [-0.1, -0.05) is 42.5 Å². The normalized spacial score (nSPS) is 10.6. The average molecular weight is 283 g/mol. The number of phenolic OH excluding ortho intramolecular Hbond substituents is 1. The highest BCUT2D eigenvalue weighted by Crippen LogP contribution is 2.15. The Bertz CT molecular complexity index is 593. The van der Waals surface area contributed by atoms with Gasteiger partial charge in [-0.15, -0.1) is 0 Å². The van der Waals surface area contributed by atoms with Crippen LogP contribution in [0.4, 0.5) is 0 Å². The third-order valence-electron chi connectivity index (χ3n) is 3.41. The van der Waals surface area contributed by atoms with Gasteiger partial charge < -0.3 is 10.0 Å².